The number of hydrogen-bond donors (Lipinski definition) is 1. The zero-order chi connectivity index (χ0) is 28.6. The van der Waals surface area contributed by atoms with Gasteiger partial charge in [-0.2, -0.15) is 11.3 Å². The molecule has 234 valence electrons. The molecule has 0 saturated carbocycles. The first-order valence-electron chi connectivity index (χ1n) is 16.0. The smallest absolute Gasteiger partial charge is 0.252 e. The van der Waals surface area contributed by atoms with Gasteiger partial charge in [0.25, 0.3) is 5.91 Å². The molecule has 0 atom stereocenters. The average Bonchev–Trinajstić information content (AvgIpc) is 3.51. The summed E-state index contributed by atoms with van der Waals surface area (Å²) >= 11 is 1.55. The van der Waals surface area contributed by atoms with Crippen molar-refractivity contribution in [2.45, 2.75) is 103 Å². The Morgan fingerprint density at radius 3 is 1.40 bits per heavy atom. The number of carbonyl (C=O) groups excluding carboxylic acids is 1. The van der Waals surface area contributed by atoms with Gasteiger partial charge >= 0.3 is 0 Å². The van der Waals surface area contributed by atoms with Crippen LogP contribution in [0.2, 0.25) is 0 Å². The molecule has 1 heterocycles. The number of nitrogens with one attached hydrogen (secondary N) is 1. The van der Waals surface area contributed by atoms with Crippen LogP contribution in [0.3, 0.4) is 0 Å². The molecule has 0 saturated heterocycles. The Kier molecular flexibility index (Phi) is 28.6. The minimum Gasteiger partial charge on any atom is -0.379 e. The monoisotopic (exact) mass is 585 g/mol. The SMILES string of the molecule is CCCCCCCCCCOCCOCCOCCOCCOCCCCCCCCCNC(=O)c1ccsc1. The van der Waals surface area contributed by atoms with Crippen LogP contribution in [0.1, 0.15) is 114 Å². The molecule has 8 heteroatoms. The quantitative estimate of drug-likeness (QED) is 0.0886. The van der Waals surface area contributed by atoms with Gasteiger partial charge in [0.1, 0.15) is 0 Å². The lowest BCUT2D eigenvalue weighted by atomic mass is 10.1. The Morgan fingerprint density at radius 1 is 0.575 bits per heavy atom. The molecule has 0 bridgehead atoms. The Balaban J connectivity index is 1.63. The second kappa shape index (κ2) is 30.9. The molecule has 0 unspecified atom stereocenters. The average molecular weight is 586 g/mol. The molecule has 40 heavy (non-hydrogen) atoms. The molecule has 1 amide bonds. The molecular formula is C32H59NO6S. The minimum absolute atomic E-state index is 0.0433. The van der Waals surface area contributed by atoms with Crippen LogP contribution in [0.4, 0.5) is 0 Å². The number of thiophene rings is 1. The molecule has 1 rings (SSSR count). The van der Waals surface area contributed by atoms with Crippen molar-refractivity contribution >= 4 is 17.2 Å². The van der Waals surface area contributed by atoms with E-state index in [0.29, 0.717) is 52.9 Å². The van der Waals surface area contributed by atoms with Crippen molar-refractivity contribution in [1.29, 1.82) is 0 Å². The van der Waals surface area contributed by atoms with Crippen molar-refractivity contribution in [3.05, 3.63) is 22.4 Å². The molecular weight excluding hydrogens is 526 g/mol. The van der Waals surface area contributed by atoms with Crippen LogP contribution in [0.15, 0.2) is 16.8 Å². The number of unbranched alkanes of at least 4 members (excludes halogenated alkanes) is 13. The van der Waals surface area contributed by atoms with E-state index in [2.05, 4.69) is 12.2 Å². The van der Waals surface area contributed by atoms with E-state index < -0.39 is 0 Å². The van der Waals surface area contributed by atoms with E-state index in [-0.39, 0.29) is 5.91 Å². The summed E-state index contributed by atoms with van der Waals surface area (Å²) in [5.74, 6) is 0.0433. The summed E-state index contributed by atoms with van der Waals surface area (Å²) in [6, 6.07) is 1.86. The molecule has 1 N–H and O–H groups in total. The van der Waals surface area contributed by atoms with Crippen molar-refractivity contribution in [2.75, 3.05) is 72.6 Å². The third kappa shape index (κ3) is 25.9. The van der Waals surface area contributed by atoms with E-state index in [1.807, 2.05) is 16.8 Å². The van der Waals surface area contributed by atoms with E-state index in [0.717, 1.165) is 44.6 Å². The topological polar surface area (TPSA) is 75.2 Å². The summed E-state index contributed by atoms with van der Waals surface area (Å²) in [7, 11) is 0. The van der Waals surface area contributed by atoms with Crippen molar-refractivity contribution < 1.29 is 28.5 Å². The fraction of sp³-hybridized carbons (Fsp3) is 0.844. The van der Waals surface area contributed by atoms with Crippen molar-refractivity contribution in [2.24, 2.45) is 0 Å². The lowest BCUT2D eigenvalue weighted by Gasteiger charge is -2.08. The number of carbonyl (C=O) groups is 1. The Labute approximate surface area is 249 Å². The minimum atomic E-state index is 0.0433. The molecule has 0 aliphatic heterocycles. The standard InChI is InChI=1S/C32H59NO6S/c1-2-3-4-5-6-9-12-15-19-35-21-23-37-25-27-39-28-26-38-24-22-36-20-16-13-10-7-8-11-14-18-33-32(34)31-17-29-40-30-31/h17,29-30H,2-16,18-28H2,1H3,(H,33,34). The summed E-state index contributed by atoms with van der Waals surface area (Å²) in [6.45, 7) is 9.57. The first-order valence-corrected chi connectivity index (χ1v) is 17.0. The second-order valence-electron chi connectivity index (χ2n) is 10.3. The van der Waals surface area contributed by atoms with E-state index in [1.54, 1.807) is 11.3 Å². The van der Waals surface area contributed by atoms with Gasteiger partial charge in [0, 0.05) is 30.7 Å². The molecule has 0 radical (unpaired) electrons. The largest absolute Gasteiger partial charge is 0.379 e. The molecule has 1 aromatic rings. The number of rotatable bonds is 32. The van der Waals surface area contributed by atoms with E-state index >= 15 is 0 Å². The van der Waals surface area contributed by atoms with Crippen LogP contribution in [-0.2, 0) is 23.7 Å². The fourth-order valence-corrected chi connectivity index (χ4v) is 4.87. The van der Waals surface area contributed by atoms with Crippen LogP contribution in [0, 0.1) is 0 Å². The second-order valence-corrected chi connectivity index (χ2v) is 11.1. The predicted octanol–water partition coefficient (Wildman–Crippen LogP) is 7.43. The van der Waals surface area contributed by atoms with Crippen molar-refractivity contribution in [3.63, 3.8) is 0 Å². The number of amides is 1. The van der Waals surface area contributed by atoms with Crippen LogP contribution >= 0.6 is 11.3 Å². The molecule has 0 spiro atoms. The third-order valence-electron chi connectivity index (χ3n) is 6.66. The van der Waals surface area contributed by atoms with Crippen LogP contribution < -0.4 is 5.32 Å². The lowest BCUT2D eigenvalue weighted by Crippen LogP contribution is -2.23. The molecule has 0 aliphatic rings. The highest BCUT2D eigenvalue weighted by atomic mass is 32.1. The van der Waals surface area contributed by atoms with Gasteiger partial charge in [-0.1, -0.05) is 84.0 Å². The molecule has 0 aliphatic carbocycles. The predicted molar refractivity (Wildman–Crippen MR) is 166 cm³/mol. The van der Waals surface area contributed by atoms with Gasteiger partial charge in [-0.15, -0.1) is 0 Å². The first kappa shape index (κ1) is 37.0. The maximum atomic E-state index is 11.8. The van der Waals surface area contributed by atoms with Gasteiger partial charge in [0.2, 0.25) is 0 Å². The highest BCUT2D eigenvalue weighted by Crippen LogP contribution is 2.09. The maximum Gasteiger partial charge on any atom is 0.252 e. The number of ether oxygens (including phenoxy) is 5. The summed E-state index contributed by atoms with van der Waals surface area (Å²) in [5, 5.41) is 6.80. The van der Waals surface area contributed by atoms with Crippen molar-refractivity contribution in [3.8, 4) is 0 Å². The zero-order valence-electron chi connectivity index (χ0n) is 25.5. The third-order valence-corrected chi connectivity index (χ3v) is 7.35. The van der Waals surface area contributed by atoms with Crippen LogP contribution in [0.5, 0.6) is 0 Å². The zero-order valence-corrected chi connectivity index (χ0v) is 26.3. The van der Waals surface area contributed by atoms with Crippen LogP contribution in [0.25, 0.3) is 0 Å². The summed E-state index contributed by atoms with van der Waals surface area (Å²) < 4.78 is 27.9. The highest BCUT2D eigenvalue weighted by Gasteiger charge is 2.03. The van der Waals surface area contributed by atoms with E-state index in [9.17, 15) is 4.79 Å². The van der Waals surface area contributed by atoms with E-state index in [1.165, 1.54) is 77.0 Å². The summed E-state index contributed by atoms with van der Waals surface area (Å²) in [4.78, 5) is 11.8. The van der Waals surface area contributed by atoms with Gasteiger partial charge in [0.05, 0.1) is 52.9 Å². The van der Waals surface area contributed by atoms with Crippen LogP contribution in [-0.4, -0.2) is 78.5 Å². The molecule has 1 aromatic heterocycles. The van der Waals surface area contributed by atoms with Gasteiger partial charge in [-0.3, -0.25) is 4.79 Å². The summed E-state index contributed by atoms with van der Waals surface area (Å²) in [6.07, 6.45) is 18.9. The van der Waals surface area contributed by atoms with Gasteiger partial charge < -0.3 is 29.0 Å². The first-order chi connectivity index (χ1) is 19.8. The Hall–Kier alpha value is -1.03. The van der Waals surface area contributed by atoms with Gasteiger partial charge in [-0.05, 0) is 30.7 Å². The van der Waals surface area contributed by atoms with Gasteiger partial charge in [-0.25, -0.2) is 0 Å². The van der Waals surface area contributed by atoms with Gasteiger partial charge in [0.15, 0.2) is 0 Å². The van der Waals surface area contributed by atoms with E-state index in [4.69, 9.17) is 23.7 Å². The molecule has 0 aromatic carbocycles. The normalized spacial score (nSPS) is 11.3. The Bertz CT molecular complexity index is 631. The molecule has 0 fully saturated rings. The molecule has 7 nitrogen and oxygen atoms in total. The summed E-state index contributed by atoms with van der Waals surface area (Å²) in [5.41, 5.74) is 0.769. The van der Waals surface area contributed by atoms with Crippen molar-refractivity contribution in [1.82, 2.24) is 5.32 Å². The highest BCUT2D eigenvalue weighted by molar-refractivity contribution is 7.08. The lowest BCUT2D eigenvalue weighted by molar-refractivity contribution is -0.0114. The fourth-order valence-electron chi connectivity index (χ4n) is 4.23. The number of hydrogen-bond acceptors (Lipinski definition) is 7. The maximum absolute atomic E-state index is 11.8. The Morgan fingerprint density at radius 2 is 0.975 bits per heavy atom.